The number of allylic oxidation sites excluding steroid dienone is 2. The molecule has 2 atom stereocenters. The molecule has 0 aliphatic rings. The van der Waals surface area contributed by atoms with Crippen LogP contribution in [-0.4, -0.2) is 82.3 Å². The molecule has 0 rings (SSSR count). The van der Waals surface area contributed by atoms with Gasteiger partial charge in [0.15, 0.2) is 12.4 Å². The Labute approximate surface area is 516 Å². The molecule has 0 aliphatic carbocycles. The number of carboxylic acids is 1. The van der Waals surface area contributed by atoms with E-state index in [-0.39, 0.29) is 32.2 Å². The van der Waals surface area contributed by atoms with Crippen LogP contribution in [0, 0.1) is 0 Å². The van der Waals surface area contributed by atoms with Crippen molar-refractivity contribution in [2.24, 2.45) is 0 Å². The second-order valence-electron chi connectivity index (χ2n) is 26.6. The fraction of sp³-hybridized carbons (Fsp3) is 0.932. The predicted molar refractivity (Wildman–Crippen MR) is 353 cm³/mol. The quantitative estimate of drug-likeness (QED) is 0.0195. The van der Waals surface area contributed by atoms with Crippen LogP contribution in [0.4, 0.5) is 0 Å². The lowest BCUT2D eigenvalue weighted by Gasteiger charge is -2.26. The lowest BCUT2D eigenvalue weighted by molar-refractivity contribution is -0.870. The molecule has 0 fully saturated rings. The third kappa shape index (κ3) is 67.4. The molecule has 492 valence electrons. The van der Waals surface area contributed by atoms with E-state index in [0.29, 0.717) is 23.9 Å². The molecule has 0 saturated carbocycles. The molecule has 0 N–H and O–H groups in total. The first-order chi connectivity index (χ1) is 40.6. The minimum atomic E-state index is -1.62. The zero-order valence-corrected chi connectivity index (χ0v) is 56.4. The number of hydrogen-bond acceptors (Lipinski definition) is 8. The van der Waals surface area contributed by atoms with E-state index in [4.69, 9.17) is 18.9 Å². The number of carbonyl (C=O) groups is 3. The molecule has 0 radical (unpaired) electrons. The van der Waals surface area contributed by atoms with Gasteiger partial charge in [-0.2, -0.15) is 0 Å². The van der Waals surface area contributed by atoms with Crippen LogP contribution in [0.25, 0.3) is 0 Å². The Morgan fingerprint density at radius 2 is 0.614 bits per heavy atom. The summed E-state index contributed by atoms with van der Waals surface area (Å²) in [6.45, 7) is 4.82. The average molecular weight is 1170 g/mol. The largest absolute Gasteiger partial charge is 0.545 e. The number of likely N-dealkylation sites (N-methyl/N-ethyl adjacent to an activating group) is 1. The van der Waals surface area contributed by atoms with Crippen molar-refractivity contribution in [1.82, 2.24) is 0 Å². The van der Waals surface area contributed by atoms with Crippen molar-refractivity contribution in [3.8, 4) is 0 Å². The van der Waals surface area contributed by atoms with Crippen LogP contribution in [-0.2, 0) is 33.3 Å². The Morgan fingerprint density at radius 1 is 0.349 bits per heavy atom. The number of quaternary nitrogens is 1. The molecular weight excluding hydrogens is 1030 g/mol. The normalized spacial score (nSPS) is 12.6. The molecule has 0 aromatic rings. The predicted octanol–water partition coefficient (Wildman–Crippen LogP) is 21.5. The van der Waals surface area contributed by atoms with E-state index in [1.165, 1.54) is 315 Å². The maximum absolute atomic E-state index is 12.9. The van der Waals surface area contributed by atoms with Crippen LogP contribution in [0.15, 0.2) is 12.2 Å². The summed E-state index contributed by atoms with van der Waals surface area (Å²) < 4.78 is 22.8. The Kier molecular flexibility index (Phi) is 64.4. The summed E-state index contributed by atoms with van der Waals surface area (Å²) in [6.07, 6.45) is 77.6. The number of hydrogen-bond donors (Lipinski definition) is 0. The monoisotopic (exact) mass is 1170 g/mol. The smallest absolute Gasteiger partial charge is 0.306 e. The van der Waals surface area contributed by atoms with Gasteiger partial charge in [0, 0.05) is 12.8 Å². The summed E-state index contributed by atoms with van der Waals surface area (Å²) in [5, 5.41) is 11.8. The van der Waals surface area contributed by atoms with Crippen molar-refractivity contribution in [3.63, 3.8) is 0 Å². The highest BCUT2D eigenvalue weighted by Gasteiger charge is 2.22. The van der Waals surface area contributed by atoms with Gasteiger partial charge in [0.1, 0.15) is 13.2 Å². The van der Waals surface area contributed by atoms with Gasteiger partial charge < -0.3 is 33.3 Å². The Hall–Kier alpha value is -1.97. The molecule has 0 bridgehead atoms. The van der Waals surface area contributed by atoms with Gasteiger partial charge in [0.05, 0.1) is 40.3 Å². The topological polar surface area (TPSA) is 111 Å². The van der Waals surface area contributed by atoms with Gasteiger partial charge in [-0.05, 0) is 38.5 Å². The summed E-state index contributed by atoms with van der Waals surface area (Å²) in [4.78, 5) is 37.4. The molecule has 83 heavy (non-hydrogen) atoms. The van der Waals surface area contributed by atoms with Gasteiger partial charge in [-0.3, -0.25) is 9.59 Å². The summed E-state index contributed by atoms with van der Waals surface area (Å²) in [6, 6.07) is 0. The number of nitrogens with zero attached hydrogens (tertiary/aromatic N) is 1. The van der Waals surface area contributed by atoms with Crippen LogP contribution in [0.3, 0.4) is 0 Å². The molecule has 0 heterocycles. The first-order valence-electron chi connectivity index (χ1n) is 36.8. The summed E-state index contributed by atoms with van der Waals surface area (Å²) in [5.41, 5.74) is 0. The molecule has 0 spiro atoms. The third-order valence-electron chi connectivity index (χ3n) is 17.0. The van der Waals surface area contributed by atoms with Gasteiger partial charge in [-0.1, -0.05) is 347 Å². The number of ether oxygens (including phenoxy) is 4. The van der Waals surface area contributed by atoms with E-state index in [1.54, 1.807) is 0 Å². The van der Waals surface area contributed by atoms with Crippen molar-refractivity contribution < 1.29 is 42.9 Å². The number of unbranched alkanes of at least 4 members (excludes halogenated alkanes) is 53. The molecule has 0 aliphatic heterocycles. The van der Waals surface area contributed by atoms with Crippen molar-refractivity contribution in [3.05, 3.63) is 12.2 Å². The van der Waals surface area contributed by atoms with E-state index in [1.807, 2.05) is 21.1 Å². The number of rotatable bonds is 70. The van der Waals surface area contributed by atoms with Gasteiger partial charge in [-0.25, -0.2) is 0 Å². The van der Waals surface area contributed by atoms with Crippen molar-refractivity contribution >= 4 is 17.9 Å². The summed E-state index contributed by atoms with van der Waals surface area (Å²) in [7, 11) is 5.94. The van der Waals surface area contributed by atoms with E-state index in [2.05, 4.69) is 26.0 Å². The zero-order chi connectivity index (χ0) is 60.5. The number of carboxylic acid groups (broad SMARTS) is 1. The summed E-state index contributed by atoms with van der Waals surface area (Å²) >= 11 is 0. The minimum Gasteiger partial charge on any atom is -0.545 e. The van der Waals surface area contributed by atoms with Crippen LogP contribution < -0.4 is 5.11 Å². The fourth-order valence-corrected chi connectivity index (χ4v) is 11.4. The van der Waals surface area contributed by atoms with Gasteiger partial charge in [0.25, 0.3) is 0 Å². The van der Waals surface area contributed by atoms with Crippen LogP contribution in [0.2, 0.25) is 0 Å². The second-order valence-corrected chi connectivity index (χ2v) is 26.6. The Morgan fingerprint density at radius 3 is 0.892 bits per heavy atom. The molecule has 0 amide bonds. The first-order valence-corrected chi connectivity index (χ1v) is 36.8. The Balaban J connectivity index is 3.91. The molecule has 0 saturated heterocycles. The van der Waals surface area contributed by atoms with Gasteiger partial charge in [0.2, 0.25) is 0 Å². The van der Waals surface area contributed by atoms with E-state index < -0.39 is 24.3 Å². The first kappa shape index (κ1) is 81.0. The molecule has 0 aromatic heterocycles. The van der Waals surface area contributed by atoms with E-state index in [9.17, 15) is 19.5 Å². The molecule has 0 aromatic carbocycles. The lowest BCUT2D eigenvalue weighted by Crippen LogP contribution is -2.44. The average Bonchev–Trinajstić information content (AvgIpc) is 3.46. The minimum absolute atomic E-state index is 0.151. The van der Waals surface area contributed by atoms with Crippen LogP contribution in [0.1, 0.15) is 386 Å². The van der Waals surface area contributed by atoms with E-state index >= 15 is 0 Å². The van der Waals surface area contributed by atoms with Crippen LogP contribution >= 0.6 is 0 Å². The molecule has 2 unspecified atom stereocenters. The molecule has 9 heteroatoms. The highest BCUT2D eigenvalue weighted by Crippen LogP contribution is 2.20. The SMILES string of the molecule is CCCCCCCC/C=C\CCCCCCCCCCCC(=O)OC(COC(=O)CCCCCCCCCCCCCCCCCCCCCCCCCCCCCCCCCCCCCCCCC)COC(OCC[N+](C)(C)C)C(=O)[O-]. The lowest BCUT2D eigenvalue weighted by atomic mass is 10.0. The maximum atomic E-state index is 12.9. The third-order valence-corrected chi connectivity index (χ3v) is 17.0. The highest BCUT2D eigenvalue weighted by molar-refractivity contribution is 5.70. The van der Waals surface area contributed by atoms with Crippen molar-refractivity contribution in [2.75, 3.05) is 47.5 Å². The van der Waals surface area contributed by atoms with Crippen molar-refractivity contribution in [1.29, 1.82) is 0 Å². The zero-order valence-electron chi connectivity index (χ0n) is 56.4. The number of esters is 2. The fourth-order valence-electron chi connectivity index (χ4n) is 11.4. The maximum Gasteiger partial charge on any atom is 0.306 e. The second kappa shape index (κ2) is 66.0. The number of carbonyl (C=O) groups excluding carboxylic acids is 3. The van der Waals surface area contributed by atoms with Crippen LogP contribution in [0.5, 0.6) is 0 Å². The number of aliphatic carboxylic acids is 1. The Bertz CT molecular complexity index is 1370. The molecular formula is C74H143NO8. The van der Waals surface area contributed by atoms with Crippen molar-refractivity contribution in [2.45, 2.75) is 399 Å². The van der Waals surface area contributed by atoms with Gasteiger partial charge >= 0.3 is 11.9 Å². The van der Waals surface area contributed by atoms with E-state index in [0.717, 1.165) is 38.5 Å². The summed E-state index contributed by atoms with van der Waals surface area (Å²) in [5.74, 6) is -2.26. The van der Waals surface area contributed by atoms with Gasteiger partial charge in [-0.15, -0.1) is 0 Å². The molecule has 9 nitrogen and oxygen atoms in total. The standard InChI is InChI=1S/C74H143NO8/c1-6-8-10-12-14-16-18-20-22-24-26-27-28-29-30-31-32-33-34-35-36-37-38-39-40-41-42-43-44-45-47-48-50-52-54-56-58-60-62-64-71(76)81-68-70(69-82-74(73(78)79)80-67-66-75(3,4)5)83-72(77)65-63-61-59-57-55-53-51-49-46-25-23-21-19-17-15-13-11-9-7-2/h21,23,70,74H,6-20,22,24-69H2,1-5H3/b23-21-. The highest BCUT2D eigenvalue weighted by atomic mass is 16.7.